The normalized spacial score (nSPS) is 20.6. The highest BCUT2D eigenvalue weighted by atomic mass is 32.1. The van der Waals surface area contributed by atoms with E-state index < -0.39 is 0 Å². The molecule has 2 saturated heterocycles. The number of nitrogen functional groups attached to an aromatic ring is 1. The van der Waals surface area contributed by atoms with Crippen LogP contribution in [0.5, 0.6) is 0 Å². The predicted octanol–water partition coefficient (Wildman–Crippen LogP) is 2.82. The minimum absolute atomic E-state index is 0.123. The van der Waals surface area contributed by atoms with Gasteiger partial charge in [0.1, 0.15) is 9.71 Å². The fourth-order valence-corrected chi connectivity index (χ4v) is 5.65. The molecule has 4 N–H and O–H groups in total. The van der Waals surface area contributed by atoms with Gasteiger partial charge in [0.2, 0.25) is 0 Å². The lowest BCUT2D eigenvalue weighted by atomic mass is 10.0. The van der Waals surface area contributed by atoms with Crippen molar-refractivity contribution in [3.63, 3.8) is 0 Å². The highest BCUT2D eigenvalue weighted by molar-refractivity contribution is 7.21. The van der Waals surface area contributed by atoms with Gasteiger partial charge in [-0.25, -0.2) is 4.98 Å². The maximum Gasteiger partial charge on any atom is 0.263 e. The molecule has 0 bridgehead atoms. The number of pyridine rings is 1. The molecule has 0 aliphatic carbocycles. The molecule has 7 heteroatoms. The van der Waals surface area contributed by atoms with Crippen LogP contribution in [-0.2, 0) is 6.42 Å². The van der Waals surface area contributed by atoms with E-state index in [9.17, 15) is 4.79 Å². The van der Waals surface area contributed by atoms with Gasteiger partial charge in [0, 0.05) is 49.5 Å². The van der Waals surface area contributed by atoms with Crippen LogP contribution in [0.2, 0.25) is 0 Å². The van der Waals surface area contributed by atoms with Gasteiger partial charge in [0.05, 0.1) is 5.69 Å². The van der Waals surface area contributed by atoms with E-state index in [4.69, 9.17) is 5.73 Å². The molecule has 1 amide bonds. The molecule has 2 aliphatic heterocycles. The molecule has 2 aliphatic rings. The van der Waals surface area contributed by atoms with E-state index in [1.54, 1.807) is 0 Å². The Morgan fingerprint density at radius 3 is 2.67 bits per heavy atom. The molecule has 2 atom stereocenters. The van der Waals surface area contributed by atoms with E-state index in [2.05, 4.69) is 44.8 Å². The van der Waals surface area contributed by atoms with Crippen LogP contribution in [0, 0.1) is 18.8 Å². The van der Waals surface area contributed by atoms with Crippen molar-refractivity contribution in [2.24, 2.45) is 11.8 Å². The van der Waals surface area contributed by atoms with Gasteiger partial charge in [-0.15, -0.1) is 11.3 Å². The summed E-state index contributed by atoms with van der Waals surface area (Å²) in [5.74, 6) is 1.46. The number of benzene rings is 1. The summed E-state index contributed by atoms with van der Waals surface area (Å²) in [6, 6.07) is 12.6. The molecule has 30 heavy (non-hydrogen) atoms. The molecule has 4 heterocycles. The van der Waals surface area contributed by atoms with Gasteiger partial charge in [0.25, 0.3) is 5.91 Å². The number of nitrogens with zero attached hydrogens (tertiary/aromatic N) is 2. The first-order valence-electron chi connectivity index (χ1n) is 10.6. The fraction of sp³-hybridized carbons (Fsp3) is 0.391. The lowest BCUT2D eigenvalue weighted by Gasteiger charge is -2.20. The maximum atomic E-state index is 12.6. The first kappa shape index (κ1) is 19.3. The third-order valence-corrected chi connectivity index (χ3v) is 7.44. The van der Waals surface area contributed by atoms with E-state index in [1.165, 1.54) is 22.6 Å². The molecule has 0 radical (unpaired) electrons. The lowest BCUT2D eigenvalue weighted by Crippen LogP contribution is -2.26. The van der Waals surface area contributed by atoms with Gasteiger partial charge in [-0.1, -0.05) is 12.1 Å². The van der Waals surface area contributed by atoms with Gasteiger partial charge in [0.15, 0.2) is 0 Å². The molecular formula is C23H27N5OS. The lowest BCUT2D eigenvalue weighted by molar-refractivity contribution is 0.0959. The molecule has 2 fully saturated rings. The van der Waals surface area contributed by atoms with Crippen LogP contribution in [0.1, 0.15) is 20.9 Å². The van der Waals surface area contributed by atoms with Crippen LogP contribution < -0.4 is 21.3 Å². The number of anilines is 2. The highest BCUT2D eigenvalue weighted by Crippen LogP contribution is 2.32. The summed E-state index contributed by atoms with van der Waals surface area (Å²) in [7, 11) is 0. The first-order valence-corrected chi connectivity index (χ1v) is 11.4. The van der Waals surface area contributed by atoms with Crippen LogP contribution in [0.25, 0.3) is 10.2 Å². The number of nitrogens with one attached hydrogen (secondary N) is 2. The second-order valence-electron chi connectivity index (χ2n) is 8.41. The summed E-state index contributed by atoms with van der Waals surface area (Å²) >= 11 is 1.36. The summed E-state index contributed by atoms with van der Waals surface area (Å²) in [4.78, 5) is 21.0. The number of carbonyl (C=O) groups excluding carboxylic acids is 1. The monoisotopic (exact) mass is 421 g/mol. The third-order valence-electron chi connectivity index (χ3n) is 6.33. The zero-order valence-electron chi connectivity index (χ0n) is 17.1. The summed E-state index contributed by atoms with van der Waals surface area (Å²) < 4.78 is 0. The highest BCUT2D eigenvalue weighted by Gasteiger charge is 2.35. The number of fused-ring (bicyclic) bond motifs is 2. The molecule has 0 spiro atoms. The number of thiophene rings is 1. The Morgan fingerprint density at radius 2 is 1.93 bits per heavy atom. The number of aromatic nitrogens is 1. The Bertz CT molecular complexity index is 1070. The number of aryl methyl sites for hydroxylation is 1. The molecule has 6 nitrogen and oxygen atoms in total. The van der Waals surface area contributed by atoms with Crippen molar-refractivity contribution in [2.75, 3.05) is 43.4 Å². The number of amides is 1. The largest absolute Gasteiger partial charge is 0.397 e. The SMILES string of the molecule is Cc1ccc2c(N)c(C(=O)NCCc3ccc(N4CC5CNCC5C4)cc3)sc2n1. The number of hydrogen-bond donors (Lipinski definition) is 3. The van der Waals surface area contributed by atoms with E-state index >= 15 is 0 Å². The fourth-order valence-electron chi connectivity index (χ4n) is 4.60. The van der Waals surface area contributed by atoms with E-state index in [0.717, 1.165) is 60.3 Å². The predicted molar refractivity (Wildman–Crippen MR) is 123 cm³/mol. The van der Waals surface area contributed by atoms with E-state index in [-0.39, 0.29) is 5.91 Å². The minimum atomic E-state index is -0.123. The van der Waals surface area contributed by atoms with Crippen LogP contribution >= 0.6 is 11.3 Å². The van der Waals surface area contributed by atoms with Crippen molar-refractivity contribution in [3.05, 3.63) is 52.5 Å². The van der Waals surface area contributed by atoms with Crippen molar-refractivity contribution >= 4 is 38.8 Å². The standard InChI is InChI=1S/C23H27N5OS/c1-14-2-7-19-20(24)21(30-23(19)27-14)22(29)26-9-8-15-3-5-18(6-4-15)28-12-16-10-25-11-17(16)13-28/h2-7,16-17,25H,8-13,24H2,1H3,(H,26,29). The van der Waals surface area contributed by atoms with Crippen molar-refractivity contribution in [2.45, 2.75) is 13.3 Å². The van der Waals surface area contributed by atoms with Crippen molar-refractivity contribution in [1.82, 2.24) is 15.6 Å². The second-order valence-corrected chi connectivity index (χ2v) is 9.41. The van der Waals surface area contributed by atoms with Crippen LogP contribution in [-0.4, -0.2) is 43.6 Å². The summed E-state index contributed by atoms with van der Waals surface area (Å²) in [5, 5.41) is 7.35. The Labute approximate surface area is 180 Å². The molecule has 5 rings (SSSR count). The van der Waals surface area contributed by atoms with E-state index in [1.807, 2.05) is 19.1 Å². The molecule has 1 aromatic carbocycles. The molecular weight excluding hydrogens is 394 g/mol. The zero-order chi connectivity index (χ0) is 20.7. The van der Waals surface area contributed by atoms with Crippen molar-refractivity contribution < 1.29 is 4.79 Å². The Balaban J connectivity index is 1.17. The average molecular weight is 422 g/mol. The number of nitrogens with two attached hydrogens (primary N) is 1. The van der Waals surface area contributed by atoms with Crippen LogP contribution in [0.3, 0.4) is 0 Å². The number of rotatable bonds is 5. The summed E-state index contributed by atoms with van der Waals surface area (Å²) in [5.41, 5.74) is 10.2. The van der Waals surface area contributed by atoms with Gasteiger partial charge >= 0.3 is 0 Å². The number of carbonyl (C=O) groups is 1. The Hall–Kier alpha value is -2.64. The summed E-state index contributed by atoms with van der Waals surface area (Å²) in [6.45, 7) is 7.12. The molecule has 2 aromatic heterocycles. The topological polar surface area (TPSA) is 83.3 Å². The van der Waals surface area contributed by atoms with Gasteiger partial charge < -0.3 is 21.3 Å². The molecule has 156 valence electrons. The maximum absolute atomic E-state index is 12.6. The molecule has 0 saturated carbocycles. The van der Waals surface area contributed by atoms with Crippen LogP contribution in [0.15, 0.2) is 36.4 Å². The van der Waals surface area contributed by atoms with E-state index in [0.29, 0.717) is 17.1 Å². The average Bonchev–Trinajstić information content (AvgIpc) is 3.42. The Kier molecular flexibility index (Phi) is 5.08. The van der Waals surface area contributed by atoms with Crippen molar-refractivity contribution in [1.29, 1.82) is 0 Å². The minimum Gasteiger partial charge on any atom is -0.397 e. The van der Waals surface area contributed by atoms with Crippen LogP contribution in [0.4, 0.5) is 11.4 Å². The second kappa shape index (κ2) is 7.89. The molecule has 2 unspecified atom stereocenters. The molecule has 3 aromatic rings. The first-order chi connectivity index (χ1) is 14.6. The third kappa shape index (κ3) is 3.63. The zero-order valence-corrected chi connectivity index (χ0v) is 18.0. The van der Waals surface area contributed by atoms with Gasteiger partial charge in [-0.3, -0.25) is 4.79 Å². The van der Waals surface area contributed by atoms with Gasteiger partial charge in [-0.2, -0.15) is 0 Å². The smallest absolute Gasteiger partial charge is 0.263 e. The Morgan fingerprint density at radius 1 is 1.20 bits per heavy atom. The quantitative estimate of drug-likeness (QED) is 0.590. The van der Waals surface area contributed by atoms with Gasteiger partial charge in [-0.05, 0) is 55.0 Å². The van der Waals surface area contributed by atoms with Crippen molar-refractivity contribution in [3.8, 4) is 0 Å². The number of hydrogen-bond acceptors (Lipinski definition) is 6. The summed E-state index contributed by atoms with van der Waals surface area (Å²) in [6.07, 6.45) is 0.795.